The molecule has 0 unspecified atom stereocenters. The van der Waals surface area contributed by atoms with E-state index >= 15 is 0 Å². The highest BCUT2D eigenvalue weighted by molar-refractivity contribution is 7.10. The van der Waals surface area contributed by atoms with Crippen LogP contribution < -0.4 is 0 Å². The van der Waals surface area contributed by atoms with E-state index in [1.165, 1.54) is 0 Å². The Bertz CT molecular complexity index is 523. The zero-order chi connectivity index (χ0) is 12.3. The SMILES string of the molecule is CC(C)n1cc(C(=O)C=Cc2cccs2)cn1. The van der Waals surface area contributed by atoms with Crippen molar-refractivity contribution in [2.45, 2.75) is 19.9 Å². The fourth-order valence-corrected chi connectivity index (χ4v) is 2.01. The minimum absolute atomic E-state index is 0.00898. The molecule has 2 aromatic rings. The molecule has 0 amide bonds. The summed E-state index contributed by atoms with van der Waals surface area (Å²) in [7, 11) is 0. The highest BCUT2D eigenvalue weighted by atomic mass is 32.1. The van der Waals surface area contributed by atoms with Crippen LogP contribution in [0.15, 0.2) is 36.0 Å². The number of carbonyl (C=O) groups is 1. The van der Waals surface area contributed by atoms with E-state index < -0.39 is 0 Å². The van der Waals surface area contributed by atoms with Gasteiger partial charge in [-0.3, -0.25) is 9.48 Å². The monoisotopic (exact) mass is 246 g/mol. The van der Waals surface area contributed by atoms with Gasteiger partial charge in [-0.25, -0.2) is 0 Å². The van der Waals surface area contributed by atoms with E-state index in [9.17, 15) is 4.79 Å². The molecule has 3 nitrogen and oxygen atoms in total. The van der Waals surface area contributed by atoms with Crippen molar-refractivity contribution >= 4 is 23.2 Å². The molecular formula is C13H14N2OS. The largest absolute Gasteiger partial charge is 0.289 e. The molecule has 0 atom stereocenters. The maximum Gasteiger partial charge on any atom is 0.189 e. The van der Waals surface area contributed by atoms with Crippen LogP contribution in [0, 0.1) is 0 Å². The molecule has 0 N–H and O–H groups in total. The van der Waals surface area contributed by atoms with Gasteiger partial charge in [-0.1, -0.05) is 6.07 Å². The van der Waals surface area contributed by atoms with E-state index in [2.05, 4.69) is 5.10 Å². The lowest BCUT2D eigenvalue weighted by molar-refractivity contribution is 0.104. The van der Waals surface area contributed by atoms with Crippen molar-refractivity contribution < 1.29 is 4.79 Å². The topological polar surface area (TPSA) is 34.9 Å². The summed E-state index contributed by atoms with van der Waals surface area (Å²) < 4.78 is 1.78. The smallest absolute Gasteiger partial charge is 0.189 e. The van der Waals surface area contributed by atoms with Gasteiger partial charge in [0.25, 0.3) is 0 Å². The van der Waals surface area contributed by atoms with E-state index in [1.807, 2.05) is 37.4 Å². The number of hydrogen-bond donors (Lipinski definition) is 0. The van der Waals surface area contributed by atoms with Crippen molar-refractivity contribution in [1.29, 1.82) is 0 Å². The Balaban J connectivity index is 2.09. The number of nitrogens with zero attached hydrogens (tertiary/aromatic N) is 2. The first kappa shape index (κ1) is 11.8. The van der Waals surface area contributed by atoms with Crippen LogP contribution in [-0.4, -0.2) is 15.6 Å². The van der Waals surface area contributed by atoms with Crippen molar-refractivity contribution in [1.82, 2.24) is 9.78 Å². The predicted octanol–water partition coefficient (Wildman–Crippen LogP) is 3.42. The first-order valence-electron chi connectivity index (χ1n) is 5.47. The predicted molar refractivity (Wildman–Crippen MR) is 70.3 cm³/mol. The first-order chi connectivity index (χ1) is 8.16. The van der Waals surface area contributed by atoms with E-state index in [1.54, 1.807) is 34.5 Å². The fraction of sp³-hybridized carbons (Fsp3) is 0.231. The first-order valence-corrected chi connectivity index (χ1v) is 6.35. The summed E-state index contributed by atoms with van der Waals surface area (Å²) in [5, 5.41) is 6.13. The Kier molecular flexibility index (Phi) is 3.54. The van der Waals surface area contributed by atoms with Gasteiger partial charge in [0.1, 0.15) is 0 Å². The van der Waals surface area contributed by atoms with E-state index in [4.69, 9.17) is 0 Å². The van der Waals surface area contributed by atoms with Crippen LogP contribution in [0.2, 0.25) is 0 Å². The van der Waals surface area contributed by atoms with Crippen LogP contribution in [0.1, 0.15) is 35.1 Å². The Labute approximate surface area is 104 Å². The quantitative estimate of drug-likeness (QED) is 0.612. The number of thiophene rings is 1. The molecule has 2 aromatic heterocycles. The number of hydrogen-bond acceptors (Lipinski definition) is 3. The summed E-state index contributed by atoms with van der Waals surface area (Å²) in [5.41, 5.74) is 0.631. The Morgan fingerprint density at radius 2 is 2.35 bits per heavy atom. The Morgan fingerprint density at radius 1 is 1.53 bits per heavy atom. The van der Waals surface area contributed by atoms with E-state index in [0.29, 0.717) is 5.56 Å². The summed E-state index contributed by atoms with van der Waals surface area (Å²) in [6, 6.07) is 4.22. The second-order valence-electron chi connectivity index (χ2n) is 4.02. The highest BCUT2D eigenvalue weighted by Gasteiger charge is 2.06. The second kappa shape index (κ2) is 5.10. The molecule has 0 aliphatic heterocycles. The third kappa shape index (κ3) is 2.91. The number of aromatic nitrogens is 2. The lowest BCUT2D eigenvalue weighted by Crippen LogP contribution is -2.00. The zero-order valence-corrected chi connectivity index (χ0v) is 10.6. The van der Waals surface area contributed by atoms with Crippen molar-refractivity contribution in [2.75, 3.05) is 0 Å². The number of ketones is 1. The molecule has 0 radical (unpaired) electrons. The molecule has 0 spiro atoms. The average molecular weight is 246 g/mol. The lowest BCUT2D eigenvalue weighted by atomic mass is 10.2. The van der Waals surface area contributed by atoms with Crippen molar-refractivity contribution in [3.63, 3.8) is 0 Å². The van der Waals surface area contributed by atoms with Crippen LogP contribution in [0.4, 0.5) is 0 Å². The molecule has 4 heteroatoms. The van der Waals surface area contributed by atoms with Crippen molar-refractivity contribution in [3.8, 4) is 0 Å². The molecule has 17 heavy (non-hydrogen) atoms. The maximum atomic E-state index is 11.8. The summed E-state index contributed by atoms with van der Waals surface area (Å²) in [5.74, 6) is -0.00898. The number of rotatable bonds is 4. The maximum absolute atomic E-state index is 11.8. The molecular weight excluding hydrogens is 232 g/mol. The molecule has 0 bridgehead atoms. The molecule has 0 aliphatic carbocycles. The van der Waals surface area contributed by atoms with Crippen LogP contribution in [0.3, 0.4) is 0 Å². The normalized spacial score (nSPS) is 11.5. The van der Waals surface area contributed by atoms with Crippen LogP contribution in [0.5, 0.6) is 0 Å². The fourth-order valence-electron chi connectivity index (χ4n) is 1.39. The minimum Gasteiger partial charge on any atom is -0.289 e. The van der Waals surface area contributed by atoms with Crippen LogP contribution >= 0.6 is 11.3 Å². The standard InChI is InChI=1S/C13H14N2OS/c1-10(2)15-9-11(8-14-15)13(16)6-5-12-4-3-7-17-12/h3-10H,1-2H3. The molecule has 0 aliphatic rings. The summed E-state index contributed by atoms with van der Waals surface area (Å²) in [6.45, 7) is 4.06. The second-order valence-corrected chi connectivity index (χ2v) is 5.00. The third-order valence-corrected chi connectivity index (χ3v) is 3.19. The average Bonchev–Trinajstić information content (AvgIpc) is 2.96. The van der Waals surface area contributed by atoms with Gasteiger partial charge < -0.3 is 0 Å². The van der Waals surface area contributed by atoms with Crippen LogP contribution in [0.25, 0.3) is 6.08 Å². The molecule has 88 valence electrons. The number of allylic oxidation sites excluding steroid dienone is 1. The summed E-state index contributed by atoms with van der Waals surface area (Å²) in [4.78, 5) is 12.9. The van der Waals surface area contributed by atoms with Gasteiger partial charge in [0.15, 0.2) is 5.78 Å². The van der Waals surface area contributed by atoms with Crippen molar-refractivity contribution in [2.24, 2.45) is 0 Å². The van der Waals surface area contributed by atoms with E-state index in [-0.39, 0.29) is 11.8 Å². The third-order valence-electron chi connectivity index (χ3n) is 2.36. The van der Waals surface area contributed by atoms with Gasteiger partial charge in [0, 0.05) is 17.1 Å². The van der Waals surface area contributed by atoms with Gasteiger partial charge in [0.05, 0.1) is 11.8 Å². The van der Waals surface area contributed by atoms with E-state index in [0.717, 1.165) is 4.88 Å². The van der Waals surface area contributed by atoms with Gasteiger partial charge in [-0.05, 0) is 37.4 Å². The van der Waals surface area contributed by atoms with Crippen LogP contribution in [-0.2, 0) is 0 Å². The highest BCUT2D eigenvalue weighted by Crippen LogP contribution is 2.12. The van der Waals surface area contributed by atoms with Gasteiger partial charge in [0.2, 0.25) is 0 Å². The number of carbonyl (C=O) groups excluding carboxylic acids is 1. The summed E-state index contributed by atoms with van der Waals surface area (Å²) >= 11 is 1.61. The Hall–Kier alpha value is -1.68. The molecule has 2 heterocycles. The van der Waals surface area contributed by atoms with Crippen molar-refractivity contribution in [3.05, 3.63) is 46.4 Å². The zero-order valence-electron chi connectivity index (χ0n) is 9.83. The lowest BCUT2D eigenvalue weighted by Gasteiger charge is -2.02. The van der Waals surface area contributed by atoms with Gasteiger partial charge >= 0.3 is 0 Å². The molecule has 0 fully saturated rings. The van der Waals surface area contributed by atoms with Gasteiger partial charge in [-0.2, -0.15) is 5.10 Å². The Morgan fingerprint density at radius 3 is 2.94 bits per heavy atom. The minimum atomic E-state index is -0.00898. The van der Waals surface area contributed by atoms with Gasteiger partial charge in [-0.15, -0.1) is 11.3 Å². The molecule has 2 rings (SSSR count). The molecule has 0 aromatic carbocycles. The summed E-state index contributed by atoms with van der Waals surface area (Å²) in [6.07, 6.45) is 6.82. The molecule has 0 saturated heterocycles. The molecule has 0 saturated carbocycles.